The minimum absolute atomic E-state index is 0.0323. The van der Waals surface area contributed by atoms with Gasteiger partial charge in [0, 0.05) is 31.4 Å². The Labute approximate surface area is 175 Å². The number of carbonyl (C=O) groups is 2. The molecule has 9 nitrogen and oxygen atoms in total. The van der Waals surface area contributed by atoms with Gasteiger partial charge in [-0.1, -0.05) is 0 Å². The third kappa shape index (κ3) is 3.99. The van der Waals surface area contributed by atoms with Gasteiger partial charge in [0.1, 0.15) is 17.5 Å². The molecular weight excluding hydrogens is 417 g/mol. The Morgan fingerprint density at radius 3 is 2.87 bits per heavy atom. The van der Waals surface area contributed by atoms with E-state index in [0.717, 1.165) is 5.69 Å². The molecule has 0 unspecified atom stereocenters. The normalized spacial score (nSPS) is 23.4. The van der Waals surface area contributed by atoms with Crippen molar-refractivity contribution in [3.05, 3.63) is 35.0 Å². The van der Waals surface area contributed by atoms with E-state index < -0.39 is 30.1 Å². The van der Waals surface area contributed by atoms with Gasteiger partial charge in [0.05, 0.1) is 24.4 Å². The molecule has 0 bridgehead atoms. The van der Waals surface area contributed by atoms with Crippen LogP contribution in [0.2, 0.25) is 0 Å². The van der Waals surface area contributed by atoms with Crippen LogP contribution in [0.1, 0.15) is 47.3 Å². The summed E-state index contributed by atoms with van der Waals surface area (Å²) < 4.78 is 46.0. The fourth-order valence-corrected chi connectivity index (χ4v) is 3.95. The van der Waals surface area contributed by atoms with Crippen molar-refractivity contribution >= 4 is 17.6 Å². The topological polar surface area (TPSA) is 102 Å². The first-order valence-electron chi connectivity index (χ1n) is 9.67. The summed E-state index contributed by atoms with van der Waals surface area (Å²) in [5, 5.41) is 6.93. The van der Waals surface area contributed by atoms with Crippen molar-refractivity contribution in [1.29, 1.82) is 0 Å². The third-order valence-corrected chi connectivity index (χ3v) is 5.44. The van der Waals surface area contributed by atoms with Gasteiger partial charge >= 0.3 is 6.18 Å². The molecule has 4 heterocycles. The fraction of sp³-hybridized carbons (Fsp3) is 0.526. The van der Waals surface area contributed by atoms with Crippen molar-refractivity contribution in [2.75, 3.05) is 11.9 Å². The quantitative estimate of drug-likeness (QED) is 0.785. The monoisotopic (exact) mass is 438 g/mol. The number of halogens is 3. The Morgan fingerprint density at radius 1 is 1.42 bits per heavy atom. The van der Waals surface area contributed by atoms with Gasteiger partial charge < -0.3 is 10.1 Å². The number of nitrogens with one attached hydrogen (secondary N) is 1. The van der Waals surface area contributed by atoms with Crippen LogP contribution >= 0.6 is 0 Å². The SMILES string of the molecule is Cc1cc2n(n1)CC[C@H](NC(=O)c1ncc3c(n1)[C@@](C)(CC(F)(F)F)OC3)C(=O)N2C. The summed E-state index contributed by atoms with van der Waals surface area (Å²) in [6.45, 7) is 3.45. The van der Waals surface area contributed by atoms with E-state index in [1.807, 2.05) is 6.92 Å². The second-order valence-corrected chi connectivity index (χ2v) is 7.96. The largest absolute Gasteiger partial charge is 0.392 e. The van der Waals surface area contributed by atoms with Crippen molar-refractivity contribution < 1.29 is 27.5 Å². The van der Waals surface area contributed by atoms with Gasteiger partial charge in [-0.05, 0) is 20.3 Å². The summed E-state index contributed by atoms with van der Waals surface area (Å²) in [5.74, 6) is -0.774. The smallest absolute Gasteiger partial charge is 0.364 e. The lowest BCUT2D eigenvalue weighted by Crippen LogP contribution is -2.47. The van der Waals surface area contributed by atoms with Gasteiger partial charge in [-0.3, -0.25) is 14.5 Å². The summed E-state index contributed by atoms with van der Waals surface area (Å²) >= 11 is 0. The first-order chi connectivity index (χ1) is 14.5. The predicted molar refractivity (Wildman–Crippen MR) is 101 cm³/mol. The van der Waals surface area contributed by atoms with E-state index in [4.69, 9.17) is 4.74 Å². The Kier molecular flexibility index (Phi) is 4.99. The molecule has 0 fully saturated rings. The summed E-state index contributed by atoms with van der Waals surface area (Å²) in [6, 6.07) is 0.918. The number of anilines is 1. The Hall–Kier alpha value is -3.02. The highest BCUT2D eigenvalue weighted by atomic mass is 19.4. The molecule has 2 aliphatic heterocycles. The maximum absolute atomic E-state index is 13.0. The number of aromatic nitrogens is 4. The van der Waals surface area contributed by atoms with Crippen molar-refractivity contribution in [3.63, 3.8) is 0 Å². The van der Waals surface area contributed by atoms with Crippen LogP contribution in [0.25, 0.3) is 0 Å². The molecule has 0 aliphatic carbocycles. The van der Waals surface area contributed by atoms with Gasteiger partial charge in [-0.25, -0.2) is 14.6 Å². The molecule has 0 saturated heterocycles. The van der Waals surface area contributed by atoms with Crippen LogP contribution in [-0.2, 0) is 28.3 Å². The van der Waals surface area contributed by atoms with Crippen LogP contribution in [0.3, 0.4) is 0 Å². The number of amides is 2. The number of alkyl halides is 3. The zero-order valence-electron chi connectivity index (χ0n) is 17.2. The van der Waals surface area contributed by atoms with Gasteiger partial charge in [0.15, 0.2) is 0 Å². The van der Waals surface area contributed by atoms with Crippen LogP contribution in [0.15, 0.2) is 12.3 Å². The molecule has 4 rings (SSSR count). The van der Waals surface area contributed by atoms with Gasteiger partial charge in [0.2, 0.25) is 5.82 Å². The Morgan fingerprint density at radius 2 is 2.16 bits per heavy atom. The highest BCUT2D eigenvalue weighted by Gasteiger charge is 2.47. The lowest BCUT2D eigenvalue weighted by atomic mass is 9.96. The number of ether oxygens (including phenoxy) is 1. The summed E-state index contributed by atoms with van der Waals surface area (Å²) in [6.07, 6.45) is -4.12. The Balaban J connectivity index is 1.54. The molecule has 0 radical (unpaired) electrons. The Bertz CT molecular complexity index is 1050. The summed E-state index contributed by atoms with van der Waals surface area (Å²) in [5.41, 5.74) is -0.496. The van der Waals surface area contributed by atoms with Crippen LogP contribution < -0.4 is 10.2 Å². The van der Waals surface area contributed by atoms with Crippen molar-refractivity contribution in [1.82, 2.24) is 25.1 Å². The highest BCUT2D eigenvalue weighted by Crippen LogP contribution is 2.42. The minimum atomic E-state index is -4.47. The number of carbonyl (C=O) groups excluding carboxylic acids is 2. The first-order valence-corrected chi connectivity index (χ1v) is 9.67. The molecule has 2 atom stereocenters. The van der Waals surface area contributed by atoms with E-state index in [2.05, 4.69) is 20.4 Å². The molecule has 31 heavy (non-hydrogen) atoms. The predicted octanol–water partition coefficient (Wildman–Crippen LogP) is 1.84. The lowest BCUT2D eigenvalue weighted by molar-refractivity contribution is -0.185. The number of aryl methyl sites for hydroxylation is 2. The van der Waals surface area contributed by atoms with Gasteiger partial charge in [-0.15, -0.1) is 0 Å². The molecular formula is C19H21F3N6O3. The van der Waals surface area contributed by atoms with E-state index in [1.54, 1.807) is 17.8 Å². The lowest BCUT2D eigenvalue weighted by Gasteiger charge is -2.25. The maximum atomic E-state index is 13.0. The molecule has 0 saturated carbocycles. The molecule has 2 aromatic heterocycles. The maximum Gasteiger partial charge on any atom is 0.392 e. The number of fused-ring (bicyclic) bond motifs is 2. The highest BCUT2D eigenvalue weighted by molar-refractivity contribution is 6.00. The first kappa shape index (κ1) is 21.2. The third-order valence-electron chi connectivity index (χ3n) is 5.44. The van der Waals surface area contributed by atoms with E-state index in [1.165, 1.54) is 18.0 Å². The van der Waals surface area contributed by atoms with Gasteiger partial charge in [-0.2, -0.15) is 18.3 Å². The van der Waals surface area contributed by atoms with Gasteiger partial charge in [0.25, 0.3) is 11.8 Å². The van der Waals surface area contributed by atoms with E-state index >= 15 is 0 Å². The van der Waals surface area contributed by atoms with E-state index in [9.17, 15) is 22.8 Å². The average Bonchev–Trinajstić information content (AvgIpc) is 3.19. The summed E-state index contributed by atoms with van der Waals surface area (Å²) in [7, 11) is 1.59. The molecule has 0 aromatic carbocycles. The second kappa shape index (κ2) is 7.29. The summed E-state index contributed by atoms with van der Waals surface area (Å²) in [4.78, 5) is 35.0. The standard InChI is InChI=1S/C19H21F3N6O3/c1-10-6-13-27(3)17(30)12(4-5-28(13)26-10)24-16(29)15-23-7-11-8-31-18(2,14(11)25-15)9-19(20,21)22/h6-7,12H,4-5,8-9H2,1-3H3,(H,24,29)/t12-,18+/m0/s1. The van der Waals surface area contributed by atoms with Crippen LogP contribution in [0.4, 0.5) is 19.0 Å². The minimum Gasteiger partial charge on any atom is -0.364 e. The molecule has 1 N–H and O–H groups in total. The molecule has 166 valence electrons. The average molecular weight is 438 g/mol. The number of rotatable bonds is 3. The van der Waals surface area contributed by atoms with Crippen molar-refractivity contribution in [3.8, 4) is 0 Å². The van der Waals surface area contributed by atoms with Crippen molar-refractivity contribution in [2.45, 2.75) is 57.7 Å². The van der Waals surface area contributed by atoms with Crippen molar-refractivity contribution in [2.24, 2.45) is 0 Å². The van der Waals surface area contributed by atoms with Crippen LogP contribution in [-0.4, -0.2) is 50.8 Å². The zero-order valence-corrected chi connectivity index (χ0v) is 17.2. The van der Waals surface area contributed by atoms with Crippen LogP contribution in [0.5, 0.6) is 0 Å². The fourth-order valence-electron chi connectivity index (χ4n) is 3.95. The number of nitrogens with zero attached hydrogens (tertiary/aromatic N) is 5. The molecule has 0 spiro atoms. The molecule has 2 amide bonds. The molecule has 12 heteroatoms. The number of hydrogen-bond donors (Lipinski definition) is 1. The zero-order chi connectivity index (χ0) is 22.6. The van der Waals surface area contributed by atoms with E-state index in [-0.39, 0.29) is 24.0 Å². The van der Waals surface area contributed by atoms with E-state index in [0.29, 0.717) is 24.3 Å². The molecule has 2 aliphatic rings. The second-order valence-electron chi connectivity index (χ2n) is 7.96. The van der Waals surface area contributed by atoms with Crippen LogP contribution in [0, 0.1) is 6.92 Å². The number of hydrogen-bond acceptors (Lipinski definition) is 6. The molecule has 2 aromatic rings. The number of likely N-dealkylation sites (N-methyl/N-ethyl adjacent to an activating group) is 1.